The number of carbonyl (C=O) groups excluding carboxylic acids is 1. The van der Waals surface area contributed by atoms with E-state index < -0.39 is 0 Å². The van der Waals surface area contributed by atoms with Crippen LogP contribution in [-0.2, 0) is 4.79 Å². The number of rotatable bonds is 4. The summed E-state index contributed by atoms with van der Waals surface area (Å²) >= 11 is 0. The number of carbonyl (C=O) groups is 1. The van der Waals surface area contributed by atoms with E-state index in [4.69, 9.17) is 5.73 Å². The summed E-state index contributed by atoms with van der Waals surface area (Å²) in [5, 5.41) is 3.15. The van der Waals surface area contributed by atoms with Crippen LogP contribution < -0.4 is 11.1 Å². The van der Waals surface area contributed by atoms with Gasteiger partial charge in [-0.25, -0.2) is 0 Å². The van der Waals surface area contributed by atoms with E-state index in [-0.39, 0.29) is 30.3 Å². The van der Waals surface area contributed by atoms with Crippen molar-refractivity contribution in [2.24, 2.45) is 11.7 Å². The lowest BCUT2D eigenvalue weighted by Crippen LogP contribution is -2.34. The number of nitrogens with one attached hydrogen (secondary N) is 1. The van der Waals surface area contributed by atoms with Gasteiger partial charge in [-0.1, -0.05) is 46.2 Å². The number of amides is 1. The standard InChI is InChI=1S/C19H30N2O.ClH/c1-12(2)14-8-9-18(17(11-14)13(3)4)21-19(22)15-6-5-7-16(20)10-15;/h8-9,11-13,15-16H,5-7,10,20H2,1-4H3,(H,21,22);1H. The van der Waals surface area contributed by atoms with Gasteiger partial charge < -0.3 is 11.1 Å². The maximum absolute atomic E-state index is 12.5. The Morgan fingerprint density at radius 2 is 1.87 bits per heavy atom. The Bertz CT molecular complexity index is 528. The van der Waals surface area contributed by atoms with Crippen LogP contribution in [0.2, 0.25) is 0 Å². The SMILES string of the molecule is CC(C)c1ccc(NC(=O)C2CCCC(N)C2)c(C(C)C)c1.Cl. The third-order valence-corrected chi connectivity index (χ3v) is 4.71. The van der Waals surface area contributed by atoms with Crippen molar-refractivity contribution in [3.8, 4) is 0 Å². The smallest absolute Gasteiger partial charge is 0.227 e. The first-order valence-corrected chi connectivity index (χ1v) is 8.58. The quantitative estimate of drug-likeness (QED) is 0.827. The van der Waals surface area contributed by atoms with Crippen molar-refractivity contribution in [2.75, 3.05) is 5.32 Å². The lowest BCUT2D eigenvalue weighted by Gasteiger charge is -2.26. The minimum absolute atomic E-state index is 0. The van der Waals surface area contributed by atoms with Crippen molar-refractivity contribution in [1.29, 1.82) is 0 Å². The van der Waals surface area contributed by atoms with Crippen molar-refractivity contribution in [3.63, 3.8) is 0 Å². The lowest BCUT2D eigenvalue weighted by molar-refractivity contribution is -0.120. The van der Waals surface area contributed by atoms with Crippen molar-refractivity contribution >= 4 is 24.0 Å². The number of nitrogens with two attached hydrogens (primary N) is 1. The van der Waals surface area contributed by atoms with E-state index in [1.807, 2.05) is 0 Å². The van der Waals surface area contributed by atoms with Crippen LogP contribution in [0.15, 0.2) is 18.2 Å². The fourth-order valence-electron chi connectivity index (χ4n) is 3.23. The molecule has 3 nitrogen and oxygen atoms in total. The predicted molar refractivity (Wildman–Crippen MR) is 100 cm³/mol. The van der Waals surface area contributed by atoms with Gasteiger partial charge in [-0.05, 0) is 48.3 Å². The van der Waals surface area contributed by atoms with Crippen LogP contribution in [0.1, 0.15) is 76.3 Å². The maximum Gasteiger partial charge on any atom is 0.227 e. The normalized spacial score (nSPS) is 21.2. The lowest BCUT2D eigenvalue weighted by atomic mass is 9.85. The molecule has 4 heteroatoms. The van der Waals surface area contributed by atoms with Gasteiger partial charge in [0.15, 0.2) is 0 Å². The molecule has 0 spiro atoms. The van der Waals surface area contributed by atoms with Crippen molar-refractivity contribution < 1.29 is 4.79 Å². The Hall–Kier alpha value is -1.06. The summed E-state index contributed by atoms with van der Waals surface area (Å²) in [4.78, 5) is 12.5. The molecule has 3 N–H and O–H groups in total. The van der Waals surface area contributed by atoms with Crippen LogP contribution in [0.3, 0.4) is 0 Å². The zero-order valence-corrected chi connectivity index (χ0v) is 15.6. The third kappa shape index (κ3) is 5.22. The average molecular weight is 339 g/mol. The highest BCUT2D eigenvalue weighted by atomic mass is 35.5. The topological polar surface area (TPSA) is 55.1 Å². The summed E-state index contributed by atoms with van der Waals surface area (Å²) in [5.41, 5.74) is 9.51. The fraction of sp³-hybridized carbons (Fsp3) is 0.632. The van der Waals surface area contributed by atoms with E-state index in [0.717, 1.165) is 31.4 Å². The molecule has 1 amide bonds. The fourth-order valence-corrected chi connectivity index (χ4v) is 3.23. The molecule has 1 saturated carbocycles. The number of hydrogen-bond donors (Lipinski definition) is 2. The van der Waals surface area contributed by atoms with E-state index in [2.05, 4.69) is 51.2 Å². The molecule has 0 bridgehead atoms. The highest BCUT2D eigenvalue weighted by Crippen LogP contribution is 2.30. The first-order valence-electron chi connectivity index (χ1n) is 8.58. The number of benzene rings is 1. The monoisotopic (exact) mass is 338 g/mol. The van der Waals surface area contributed by atoms with Gasteiger partial charge in [-0.15, -0.1) is 12.4 Å². The second-order valence-electron chi connectivity index (χ2n) is 7.27. The molecule has 130 valence electrons. The molecule has 0 saturated heterocycles. The summed E-state index contributed by atoms with van der Waals surface area (Å²) in [6.45, 7) is 8.74. The molecule has 2 atom stereocenters. The molecule has 0 radical (unpaired) electrons. The van der Waals surface area contributed by atoms with E-state index in [9.17, 15) is 4.79 Å². The molecule has 0 aromatic heterocycles. The minimum atomic E-state index is 0. The molecule has 2 rings (SSSR count). The molecule has 0 heterocycles. The minimum Gasteiger partial charge on any atom is -0.328 e. The van der Waals surface area contributed by atoms with Crippen LogP contribution in [0.25, 0.3) is 0 Å². The van der Waals surface area contributed by atoms with Gasteiger partial charge >= 0.3 is 0 Å². The first-order chi connectivity index (χ1) is 10.4. The Labute approximate surface area is 146 Å². The van der Waals surface area contributed by atoms with E-state index in [0.29, 0.717) is 11.8 Å². The predicted octanol–water partition coefficient (Wildman–Crippen LogP) is 4.81. The van der Waals surface area contributed by atoms with Crippen molar-refractivity contribution in [3.05, 3.63) is 29.3 Å². The third-order valence-electron chi connectivity index (χ3n) is 4.71. The largest absolute Gasteiger partial charge is 0.328 e. The zero-order chi connectivity index (χ0) is 16.3. The molecule has 1 fully saturated rings. The maximum atomic E-state index is 12.5. The molecule has 2 unspecified atom stereocenters. The Morgan fingerprint density at radius 3 is 2.43 bits per heavy atom. The Balaban J connectivity index is 0.00000264. The molecular weight excluding hydrogens is 308 g/mol. The average Bonchev–Trinajstić information content (AvgIpc) is 2.47. The molecule has 23 heavy (non-hydrogen) atoms. The summed E-state index contributed by atoms with van der Waals surface area (Å²) in [5.74, 6) is 1.09. The first kappa shape index (κ1) is 20.0. The van der Waals surface area contributed by atoms with Gasteiger partial charge in [0.05, 0.1) is 0 Å². The van der Waals surface area contributed by atoms with Gasteiger partial charge in [0.2, 0.25) is 5.91 Å². The molecule has 1 aromatic rings. The Kier molecular flexibility index (Phi) is 7.56. The summed E-state index contributed by atoms with van der Waals surface area (Å²) in [6, 6.07) is 6.60. The molecular formula is C19H31ClN2O. The summed E-state index contributed by atoms with van der Waals surface area (Å²) < 4.78 is 0. The Morgan fingerprint density at radius 1 is 1.17 bits per heavy atom. The molecule has 1 aromatic carbocycles. The van der Waals surface area contributed by atoms with Gasteiger partial charge in [0.1, 0.15) is 0 Å². The highest BCUT2D eigenvalue weighted by Gasteiger charge is 2.26. The van der Waals surface area contributed by atoms with Gasteiger partial charge in [0, 0.05) is 17.6 Å². The molecule has 1 aliphatic carbocycles. The number of hydrogen-bond acceptors (Lipinski definition) is 2. The molecule has 1 aliphatic rings. The zero-order valence-electron chi connectivity index (χ0n) is 14.8. The van der Waals surface area contributed by atoms with Crippen LogP contribution in [-0.4, -0.2) is 11.9 Å². The summed E-state index contributed by atoms with van der Waals surface area (Å²) in [6.07, 6.45) is 3.88. The van der Waals surface area contributed by atoms with Gasteiger partial charge in [-0.2, -0.15) is 0 Å². The number of halogens is 1. The van der Waals surface area contributed by atoms with Crippen LogP contribution >= 0.6 is 12.4 Å². The van der Waals surface area contributed by atoms with Gasteiger partial charge in [-0.3, -0.25) is 4.79 Å². The van der Waals surface area contributed by atoms with Gasteiger partial charge in [0.25, 0.3) is 0 Å². The highest BCUT2D eigenvalue weighted by molar-refractivity contribution is 5.93. The summed E-state index contributed by atoms with van der Waals surface area (Å²) in [7, 11) is 0. The number of anilines is 1. The van der Waals surface area contributed by atoms with Crippen molar-refractivity contribution in [2.45, 2.75) is 71.3 Å². The van der Waals surface area contributed by atoms with Crippen LogP contribution in [0.5, 0.6) is 0 Å². The van der Waals surface area contributed by atoms with Crippen LogP contribution in [0.4, 0.5) is 5.69 Å². The molecule has 0 aliphatic heterocycles. The second kappa shape index (κ2) is 8.70. The van der Waals surface area contributed by atoms with Crippen LogP contribution in [0, 0.1) is 5.92 Å². The van der Waals surface area contributed by atoms with Crippen molar-refractivity contribution in [1.82, 2.24) is 0 Å². The van der Waals surface area contributed by atoms with E-state index >= 15 is 0 Å². The van der Waals surface area contributed by atoms with E-state index in [1.165, 1.54) is 11.1 Å². The van der Waals surface area contributed by atoms with E-state index in [1.54, 1.807) is 0 Å². The second-order valence-corrected chi connectivity index (χ2v) is 7.27.